The van der Waals surface area contributed by atoms with Gasteiger partial charge < -0.3 is 15.0 Å². The van der Waals surface area contributed by atoms with E-state index < -0.39 is 0 Å². The molecule has 4 aromatic rings. The number of aryl methyl sites for hydroxylation is 4. The highest BCUT2D eigenvalue weighted by atomic mass is 79.9. The summed E-state index contributed by atoms with van der Waals surface area (Å²) < 4.78 is 4.14. The molecule has 0 spiro atoms. The number of piperidine rings is 2. The van der Waals surface area contributed by atoms with Crippen LogP contribution in [0.3, 0.4) is 0 Å². The zero-order valence-electron chi connectivity index (χ0n) is 38.8. The Kier molecular flexibility index (Phi) is 17.1. The maximum absolute atomic E-state index is 13.1. The summed E-state index contributed by atoms with van der Waals surface area (Å²) in [5, 5.41) is 13.9. The van der Waals surface area contributed by atoms with E-state index in [2.05, 4.69) is 103 Å². The number of oxime groups is 1. The second kappa shape index (κ2) is 23.0. The molecule has 6 aliphatic rings. The lowest BCUT2D eigenvalue weighted by Gasteiger charge is -2.37. The molecule has 4 fully saturated rings. The summed E-state index contributed by atoms with van der Waals surface area (Å²) in [7, 11) is 0. The van der Waals surface area contributed by atoms with Gasteiger partial charge in [-0.15, -0.1) is 0 Å². The Bertz CT molecular complexity index is 2600. The lowest BCUT2D eigenvalue weighted by atomic mass is 9.76. The van der Waals surface area contributed by atoms with Crippen molar-refractivity contribution in [1.29, 1.82) is 0 Å². The van der Waals surface area contributed by atoms with Gasteiger partial charge in [-0.3, -0.25) is 24.4 Å². The van der Waals surface area contributed by atoms with E-state index in [-0.39, 0.29) is 23.7 Å². The first-order valence-corrected chi connectivity index (χ1v) is 28.8. The average Bonchev–Trinajstić information content (AvgIpc) is 3.60. The van der Waals surface area contributed by atoms with Crippen LogP contribution in [-0.4, -0.2) is 74.5 Å². The molecule has 9 nitrogen and oxygen atoms in total. The van der Waals surface area contributed by atoms with Crippen LogP contribution in [0.2, 0.25) is 10.0 Å². The van der Waals surface area contributed by atoms with E-state index in [1.807, 2.05) is 24.5 Å². The third kappa shape index (κ3) is 12.1. The van der Waals surface area contributed by atoms with Crippen molar-refractivity contribution in [1.82, 2.24) is 19.8 Å². The third-order valence-electron chi connectivity index (χ3n) is 16.0. The van der Waals surface area contributed by atoms with Crippen LogP contribution in [-0.2, 0) is 40.1 Å². The highest BCUT2D eigenvalue weighted by Gasteiger charge is 2.39. The number of nitrogens with zero attached hydrogens (tertiary/aromatic N) is 5. The molecule has 15 heteroatoms. The molecule has 2 aliphatic heterocycles. The summed E-state index contributed by atoms with van der Waals surface area (Å²) in [4.78, 5) is 51.6. The number of aromatic nitrogens is 2. The third-order valence-corrected chi connectivity index (χ3v) is 18.6. The van der Waals surface area contributed by atoms with E-state index in [9.17, 15) is 14.4 Å². The van der Waals surface area contributed by atoms with Crippen LogP contribution in [0.4, 0.5) is 0 Å². The fraction of sp³-hybridized carbons (Fsp3) is 0.519. The minimum atomic E-state index is 0.189. The Morgan fingerprint density at radius 1 is 0.565 bits per heavy atom. The second-order valence-corrected chi connectivity index (χ2v) is 24.6. The van der Waals surface area contributed by atoms with Crippen molar-refractivity contribution >= 4 is 110 Å². The molecular weight excluding hydrogens is 1170 g/mol. The van der Waals surface area contributed by atoms with Gasteiger partial charge in [0.25, 0.3) is 0 Å². The van der Waals surface area contributed by atoms with Gasteiger partial charge in [-0.05, 0) is 215 Å². The Morgan fingerprint density at radius 3 is 1.36 bits per heavy atom. The zero-order chi connectivity index (χ0) is 48.3. The Morgan fingerprint density at radius 2 is 0.957 bits per heavy atom. The summed E-state index contributed by atoms with van der Waals surface area (Å²) in [6, 6.07) is 12.7. The fourth-order valence-corrected chi connectivity index (χ4v) is 15.3. The highest BCUT2D eigenvalue weighted by molar-refractivity contribution is 9.11. The Hall–Kier alpha value is -2.68. The number of carbonyl (C=O) groups is 3. The molecule has 0 unspecified atom stereocenters. The molecule has 10 rings (SSSR count). The van der Waals surface area contributed by atoms with Crippen LogP contribution in [0.5, 0.6) is 0 Å². The molecule has 0 radical (unpaired) electrons. The number of likely N-dealkylation sites (tertiary alicyclic amines) is 2. The predicted molar refractivity (Wildman–Crippen MR) is 287 cm³/mol. The summed E-state index contributed by atoms with van der Waals surface area (Å²) in [5.41, 5.74) is 11.0. The molecule has 2 atom stereocenters. The van der Waals surface area contributed by atoms with Crippen molar-refractivity contribution in [2.45, 2.75) is 127 Å². The number of rotatable bonds is 6. The summed E-state index contributed by atoms with van der Waals surface area (Å²) in [5.74, 6) is 2.85. The standard InChI is InChI=1S/C27H30Br2ClN3O2.C27H29Br2ClN2O2/c28-20-12-19-4-3-18-13-21(30)14-23(29)25(18)26(27(19)31-15-20)17-7-9-33(10-8-17)24(34)11-16-1-5-22(32-35)6-2-16;28-20-12-19-4-3-18-13-21(30)14-23(29)25(18)26(27(19)31-15-20)17-7-9-32(10-8-17)24(34)11-16-1-5-22(33)6-2-16/h12-17,26,35H,1-11H2;12-17,26H,1-11H2/t16?,26-;26-/m11/s1. The van der Waals surface area contributed by atoms with Gasteiger partial charge in [0.2, 0.25) is 11.8 Å². The monoisotopic (exact) mass is 1230 g/mol. The largest absolute Gasteiger partial charge is 0.411 e. The van der Waals surface area contributed by atoms with Crippen LogP contribution >= 0.6 is 86.9 Å². The minimum absolute atomic E-state index is 0.189. The summed E-state index contributed by atoms with van der Waals surface area (Å²) in [6.07, 6.45) is 19.2. The first kappa shape index (κ1) is 51.2. The lowest BCUT2D eigenvalue weighted by molar-refractivity contribution is -0.135. The molecule has 2 aromatic carbocycles. The highest BCUT2D eigenvalue weighted by Crippen LogP contribution is 2.48. The van der Waals surface area contributed by atoms with Gasteiger partial charge in [-0.1, -0.05) is 60.2 Å². The molecule has 4 heterocycles. The number of carbonyl (C=O) groups excluding carboxylic acids is 3. The SMILES string of the molecule is O=C(CC1CCC(=NO)CC1)N1CCC([C@H]2c3ncc(Br)cc3CCc3cc(Cl)cc(Br)c32)CC1.O=C1CCC(CC(=O)N2CCC([C@H]3c4ncc(Br)cc4CCc4cc(Cl)cc(Br)c43)CC2)CC1. The average molecular weight is 1230 g/mol. The number of Topliss-reactive ketones (excluding diaryl/α,β-unsaturated/α-hetero) is 1. The predicted octanol–water partition coefficient (Wildman–Crippen LogP) is 14.0. The zero-order valence-corrected chi connectivity index (χ0v) is 46.7. The Labute approximate surface area is 449 Å². The Balaban J connectivity index is 0.000000172. The molecule has 2 amide bonds. The molecule has 0 bridgehead atoms. The molecule has 4 aliphatic carbocycles. The number of fused-ring (bicyclic) bond motifs is 4. The maximum atomic E-state index is 13.1. The fourth-order valence-electron chi connectivity index (χ4n) is 12.3. The van der Waals surface area contributed by atoms with Crippen molar-refractivity contribution in [2.75, 3.05) is 26.2 Å². The molecule has 2 aromatic heterocycles. The minimum Gasteiger partial charge on any atom is -0.411 e. The molecule has 366 valence electrons. The van der Waals surface area contributed by atoms with E-state index in [0.717, 1.165) is 150 Å². The van der Waals surface area contributed by atoms with Crippen LogP contribution in [0.15, 0.2) is 71.8 Å². The second-order valence-electron chi connectivity index (χ2n) is 20.2. The number of pyridine rings is 2. The van der Waals surface area contributed by atoms with E-state index >= 15 is 0 Å². The van der Waals surface area contributed by atoms with E-state index in [0.29, 0.717) is 55.1 Å². The molecule has 2 saturated heterocycles. The quantitative estimate of drug-likeness (QED) is 0.152. The van der Waals surface area contributed by atoms with E-state index in [4.69, 9.17) is 38.4 Å². The van der Waals surface area contributed by atoms with Crippen LogP contribution in [0.1, 0.15) is 146 Å². The van der Waals surface area contributed by atoms with Crippen LogP contribution in [0, 0.1) is 23.7 Å². The van der Waals surface area contributed by atoms with Gasteiger partial charge in [0, 0.05) is 104 Å². The van der Waals surface area contributed by atoms with Gasteiger partial charge in [0.15, 0.2) is 0 Å². The molecular formula is C54H59Br4Cl2N5O4. The van der Waals surface area contributed by atoms with E-state index in [1.165, 1.54) is 44.8 Å². The molecule has 2 saturated carbocycles. The van der Waals surface area contributed by atoms with Crippen molar-refractivity contribution in [2.24, 2.45) is 28.8 Å². The van der Waals surface area contributed by atoms with Gasteiger partial charge in [0.05, 0.1) is 17.1 Å². The van der Waals surface area contributed by atoms with Crippen molar-refractivity contribution in [3.05, 3.63) is 121 Å². The van der Waals surface area contributed by atoms with Gasteiger partial charge in [-0.2, -0.15) is 0 Å². The number of benzene rings is 2. The summed E-state index contributed by atoms with van der Waals surface area (Å²) in [6.45, 7) is 3.17. The smallest absolute Gasteiger partial charge is 0.222 e. The normalized spacial score (nSPS) is 22.3. The topological polar surface area (TPSA) is 116 Å². The summed E-state index contributed by atoms with van der Waals surface area (Å²) >= 11 is 27.7. The first-order chi connectivity index (χ1) is 33.3. The molecule has 69 heavy (non-hydrogen) atoms. The van der Waals surface area contributed by atoms with Crippen LogP contribution in [0.25, 0.3) is 0 Å². The van der Waals surface area contributed by atoms with Crippen molar-refractivity contribution in [3.63, 3.8) is 0 Å². The maximum Gasteiger partial charge on any atom is 0.222 e. The van der Waals surface area contributed by atoms with Crippen molar-refractivity contribution in [3.8, 4) is 0 Å². The molecule has 1 N–H and O–H groups in total. The van der Waals surface area contributed by atoms with Gasteiger partial charge in [-0.25, -0.2) is 0 Å². The van der Waals surface area contributed by atoms with Crippen LogP contribution < -0.4 is 0 Å². The van der Waals surface area contributed by atoms with Gasteiger partial charge >= 0.3 is 0 Å². The number of ketones is 1. The van der Waals surface area contributed by atoms with E-state index in [1.54, 1.807) is 0 Å². The first-order valence-electron chi connectivity index (χ1n) is 24.8. The number of hydrogen-bond acceptors (Lipinski definition) is 7. The lowest BCUT2D eigenvalue weighted by Crippen LogP contribution is -2.41. The van der Waals surface area contributed by atoms with Crippen molar-refractivity contribution < 1.29 is 19.6 Å². The number of amides is 2. The number of halogens is 6. The van der Waals surface area contributed by atoms with Gasteiger partial charge in [0.1, 0.15) is 5.78 Å². The number of hydrogen-bond donors (Lipinski definition) is 1.